The molecule has 3 heterocycles. The van der Waals surface area contributed by atoms with E-state index < -0.39 is 21.1 Å². The van der Waals surface area contributed by atoms with E-state index in [0.717, 1.165) is 6.20 Å². The summed E-state index contributed by atoms with van der Waals surface area (Å²) in [6.07, 6.45) is 1.35. The summed E-state index contributed by atoms with van der Waals surface area (Å²) < 4.78 is 45.7. The maximum atomic E-state index is 13.3. The average molecular weight is 512 g/mol. The van der Waals surface area contributed by atoms with Crippen molar-refractivity contribution >= 4 is 44.0 Å². The first kappa shape index (κ1) is 24.2. The van der Waals surface area contributed by atoms with Crippen LogP contribution in [0.25, 0.3) is 0 Å². The van der Waals surface area contributed by atoms with Crippen molar-refractivity contribution in [2.75, 3.05) is 38.2 Å². The molecule has 182 valence electrons. The first-order valence-corrected chi connectivity index (χ1v) is 12.7. The highest BCUT2D eigenvalue weighted by Crippen LogP contribution is 2.20. The van der Waals surface area contributed by atoms with E-state index in [9.17, 15) is 22.4 Å². The van der Waals surface area contributed by atoms with Gasteiger partial charge in [-0.2, -0.15) is 8.70 Å². The number of ether oxygens (including phenoxy) is 1. The number of anilines is 1. The van der Waals surface area contributed by atoms with Gasteiger partial charge in [-0.1, -0.05) is 28.6 Å². The second-order valence-corrected chi connectivity index (χ2v) is 10.4. The molecule has 2 saturated heterocycles. The molecule has 0 unspecified atom stereocenters. The summed E-state index contributed by atoms with van der Waals surface area (Å²) in [7, 11) is -3.84. The van der Waals surface area contributed by atoms with Crippen molar-refractivity contribution in [1.29, 1.82) is 0 Å². The minimum atomic E-state index is -3.84. The van der Waals surface area contributed by atoms with E-state index >= 15 is 0 Å². The van der Waals surface area contributed by atoms with Gasteiger partial charge in [-0.15, -0.1) is 0 Å². The minimum absolute atomic E-state index is 0.0115. The lowest BCUT2D eigenvalue weighted by Gasteiger charge is -2.19. The number of thiazole rings is 1. The molecular formula is C20H22FN5O6S2. The second kappa shape index (κ2) is 10.5. The number of benzene rings is 1. The first-order chi connectivity index (χ1) is 16.3. The molecule has 4 rings (SSSR count). The van der Waals surface area contributed by atoms with Gasteiger partial charge in [0.1, 0.15) is 0 Å². The molecule has 2 aromatic rings. The number of carbonyl (C=O) groups excluding carboxylic acids is 2. The number of sulfonamides is 1. The van der Waals surface area contributed by atoms with Gasteiger partial charge < -0.3 is 14.9 Å². The zero-order valence-corrected chi connectivity index (χ0v) is 19.5. The Morgan fingerprint density at radius 1 is 1.32 bits per heavy atom. The Morgan fingerprint density at radius 3 is 2.79 bits per heavy atom. The number of aromatic nitrogens is 1. The number of hydrogen-bond donors (Lipinski definition) is 2. The van der Waals surface area contributed by atoms with Gasteiger partial charge in [0, 0.05) is 38.0 Å². The molecule has 2 amide bonds. The van der Waals surface area contributed by atoms with E-state index in [-0.39, 0.29) is 53.8 Å². The normalized spacial score (nSPS) is 20.0. The summed E-state index contributed by atoms with van der Waals surface area (Å²) in [6.45, 7) is 1.32. The maximum Gasteiger partial charge on any atom is 0.280 e. The van der Waals surface area contributed by atoms with Gasteiger partial charge in [-0.05, 0) is 12.1 Å². The van der Waals surface area contributed by atoms with Crippen molar-refractivity contribution in [3.63, 3.8) is 0 Å². The third-order valence-electron chi connectivity index (χ3n) is 5.13. The van der Waals surface area contributed by atoms with E-state index in [2.05, 4.69) is 20.8 Å². The van der Waals surface area contributed by atoms with Crippen LogP contribution in [0, 0.1) is 5.13 Å². The van der Waals surface area contributed by atoms with Crippen molar-refractivity contribution in [2.24, 2.45) is 5.16 Å². The number of oxime groups is 1. The van der Waals surface area contributed by atoms with Crippen LogP contribution in [0.5, 0.6) is 0 Å². The lowest BCUT2D eigenvalue weighted by Crippen LogP contribution is -2.34. The second-order valence-electron chi connectivity index (χ2n) is 7.48. The molecule has 0 bridgehead atoms. The lowest BCUT2D eigenvalue weighted by molar-refractivity contribution is -0.120. The minimum Gasteiger partial charge on any atom is -0.389 e. The monoisotopic (exact) mass is 511 g/mol. The quantitative estimate of drug-likeness (QED) is 0.417. The number of amides is 2. The highest BCUT2D eigenvalue weighted by Gasteiger charge is 2.27. The molecule has 2 N–H and O–H groups in total. The standard InChI is InChI=1S/C20H22FN5O6S2/c21-16-11-23-20(33-16)24-19(28)18(25-32-14-6-10-31-12-14)13-1-3-15(4-2-13)34(29,30)26-8-5-17(27)22-7-9-26/h1-4,11,14H,5-10,12H2,(H,22,27)(H,23,24,28)/t14-/m1/s1. The highest BCUT2D eigenvalue weighted by molar-refractivity contribution is 7.89. The summed E-state index contributed by atoms with van der Waals surface area (Å²) >= 11 is 0.656. The van der Waals surface area contributed by atoms with Crippen LogP contribution < -0.4 is 10.6 Å². The highest BCUT2D eigenvalue weighted by atomic mass is 32.2. The van der Waals surface area contributed by atoms with E-state index in [4.69, 9.17) is 9.57 Å². The van der Waals surface area contributed by atoms with Crippen molar-refractivity contribution in [3.05, 3.63) is 41.2 Å². The fourth-order valence-electron chi connectivity index (χ4n) is 3.34. The Morgan fingerprint density at radius 2 is 2.12 bits per heavy atom. The van der Waals surface area contributed by atoms with Gasteiger partial charge >= 0.3 is 0 Å². The van der Waals surface area contributed by atoms with Gasteiger partial charge in [0.2, 0.25) is 15.9 Å². The van der Waals surface area contributed by atoms with Crippen LogP contribution in [0.3, 0.4) is 0 Å². The van der Waals surface area contributed by atoms with Crippen molar-refractivity contribution in [3.8, 4) is 0 Å². The molecule has 0 spiro atoms. The number of nitrogens with one attached hydrogen (secondary N) is 2. The molecule has 11 nitrogen and oxygen atoms in total. The van der Waals surface area contributed by atoms with E-state index in [1.807, 2.05) is 0 Å². The average Bonchev–Trinajstić information content (AvgIpc) is 3.42. The summed E-state index contributed by atoms with van der Waals surface area (Å²) in [5, 5.41) is 8.57. The molecule has 0 aliphatic carbocycles. The molecule has 2 fully saturated rings. The SMILES string of the molecule is O=C1CCN(S(=O)(=O)c2ccc(C(=NO[C@@H]3CCOC3)C(=O)Nc3ncc(F)s3)cc2)CCN1. The fourth-order valence-corrected chi connectivity index (χ4v) is 5.32. The van der Waals surface area contributed by atoms with E-state index in [1.165, 1.54) is 28.6 Å². The Kier molecular flexibility index (Phi) is 7.50. The van der Waals surface area contributed by atoms with E-state index in [0.29, 0.717) is 36.5 Å². The van der Waals surface area contributed by atoms with Crippen LogP contribution in [-0.2, 0) is 29.2 Å². The topological polar surface area (TPSA) is 139 Å². The smallest absolute Gasteiger partial charge is 0.280 e. The Labute approximate surface area is 199 Å². The van der Waals surface area contributed by atoms with Crippen molar-refractivity contribution < 1.29 is 32.0 Å². The van der Waals surface area contributed by atoms with Crippen molar-refractivity contribution in [1.82, 2.24) is 14.6 Å². The third-order valence-corrected chi connectivity index (χ3v) is 7.75. The first-order valence-electron chi connectivity index (χ1n) is 10.4. The predicted molar refractivity (Wildman–Crippen MR) is 120 cm³/mol. The Hall–Kier alpha value is -2.94. The molecule has 1 aromatic carbocycles. The van der Waals surface area contributed by atoms with Gasteiger partial charge in [0.15, 0.2) is 22.1 Å². The number of nitrogens with zero attached hydrogens (tertiary/aromatic N) is 3. The van der Waals surface area contributed by atoms with Crippen LogP contribution in [0.1, 0.15) is 18.4 Å². The number of rotatable bonds is 7. The van der Waals surface area contributed by atoms with E-state index in [1.54, 1.807) is 0 Å². The number of hydrogen-bond acceptors (Lipinski definition) is 9. The Balaban J connectivity index is 1.56. The van der Waals surface area contributed by atoms with Crippen molar-refractivity contribution in [2.45, 2.75) is 23.8 Å². The van der Waals surface area contributed by atoms with Crippen LogP contribution >= 0.6 is 11.3 Å². The Bertz CT molecular complexity index is 1180. The molecule has 2 aliphatic heterocycles. The van der Waals surface area contributed by atoms with Gasteiger partial charge in [0.25, 0.3) is 5.91 Å². The van der Waals surface area contributed by atoms with Crippen LogP contribution in [0.2, 0.25) is 0 Å². The number of halogens is 1. The summed E-state index contributed by atoms with van der Waals surface area (Å²) in [4.78, 5) is 33.6. The maximum absolute atomic E-state index is 13.3. The molecule has 1 atom stereocenters. The van der Waals surface area contributed by atoms with Gasteiger partial charge in [0.05, 0.1) is 24.3 Å². The molecule has 0 saturated carbocycles. The zero-order valence-electron chi connectivity index (χ0n) is 17.9. The van der Waals surface area contributed by atoms with Gasteiger partial charge in [-0.3, -0.25) is 14.9 Å². The molecule has 14 heteroatoms. The van der Waals surface area contributed by atoms with Crippen LogP contribution in [0.4, 0.5) is 9.52 Å². The summed E-state index contributed by atoms with van der Waals surface area (Å²) in [5.74, 6) is -0.895. The molecule has 34 heavy (non-hydrogen) atoms. The third kappa shape index (κ3) is 5.75. The molecule has 2 aliphatic rings. The molecule has 0 radical (unpaired) electrons. The van der Waals surface area contributed by atoms with Crippen LogP contribution in [-0.4, -0.2) is 74.2 Å². The molecular weight excluding hydrogens is 489 g/mol. The van der Waals surface area contributed by atoms with Crippen LogP contribution in [0.15, 0.2) is 40.5 Å². The fraction of sp³-hybridized carbons (Fsp3) is 0.400. The lowest BCUT2D eigenvalue weighted by atomic mass is 10.1. The number of carbonyl (C=O) groups is 2. The molecule has 1 aromatic heterocycles. The largest absolute Gasteiger partial charge is 0.389 e. The summed E-state index contributed by atoms with van der Waals surface area (Å²) in [5.41, 5.74) is 0.163. The zero-order chi connectivity index (χ0) is 24.1. The summed E-state index contributed by atoms with van der Waals surface area (Å²) in [6, 6.07) is 5.58. The predicted octanol–water partition coefficient (Wildman–Crippen LogP) is 0.941. The van der Waals surface area contributed by atoms with Gasteiger partial charge in [-0.25, -0.2) is 13.4 Å².